The summed E-state index contributed by atoms with van der Waals surface area (Å²) in [6.07, 6.45) is 0. The second kappa shape index (κ2) is 6.32. The topological polar surface area (TPSA) is 130 Å². The summed E-state index contributed by atoms with van der Waals surface area (Å²) in [5, 5.41) is 12.9. The molecule has 0 aromatic heterocycles. The molecule has 5 N–H and O–H groups in total. The Kier molecular flexibility index (Phi) is 4.31. The van der Waals surface area contributed by atoms with Crippen LogP contribution in [-0.2, 0) is 10.1 Å². The van der Waals surface area contributed by atoms with E-state index in [0.717, 1.165) is 11.6 Å². The van der Waals surface area contributed by atoms with E-state index in [2.05, 4.69) is 5.32 Å². The highest BCUT2D eigenvalue weighted by Crippen LogP contribution is 2.35. The Hall–Kier alpha value is -3.10. The number of nitrogens with two attached hydrogens (primary N) is 1. The van der Waals surface area contributed by atoms with Crippen molar-refractivity contribution in [2.45, 2.75) is 11.8 Å². The zero-order valence-corrected chi connectivity index (χ0v) is 14.5. The first-order chi connectivity index (χ1) is 12.2. The molecule has 0 unspecified atom stereocenters. The molecule has 3 aromatic rings. The average molecular weight is 372 g/mol. The van der Waals surface area contributed by atoms with Crippen LogP contribution in [0.1, 0.15) is 15.9 Å². The Balaban J connectivity index is 2.14. The molecular formula is C18H16N2O5S. The normalized spacial score (nSPS) is 11.5. The standard InChI is InChI=1S/C18H16N2O5S/c1-10-5-6-13(19)12(9-10)18(22)20-14-7-8-16(26(23,24)25)17-11(14)3-2-4-15(17)21/h2-9,21H,19H2,1H3,(H,20,22)(H,23,24,25). The van der Waals surface area contributed by atoms with Crippen molar-refractivity contribution < 1.29 is 22.9 Å². The first-order valence-corrected chi connectivity index (χ1v) is 9.02. The summed E-state index contributed by atoms with van der Waals surface area (Å²) in [4.78, 5) is 12.1. The molecule has 0 radical (unpaired) electrons. The van der Waals surface area contributed by atoms with Gasteiger partial charge in [-0.25, -0.2) is 0 Å². The number of amides is 1. The molecule has 8 heteroatoms. The smallest absolute Gasteiger partial charge is 0.295 e. The molecule has 0 atom stereocenters. The van der Waals surface area contributed by atoms with E-state index in [1.54, 1.807) is 18.2 Å². The van der Waals surface area contributed by atoms with Gasteiger partial charge in [-0.1, -0.05) is 23.8 Å². The van der Waals surface area contributed by atoms with Crippen molar-refractivity contribution in [2.24, 2.45) is 0 Å². The SMILES string of the molecule is Cc1ccc(N)c(C(=O)Nc2ccc(S(=O)(=O)O)c3c(O)cccc23)c1. The lowest BCUT2D eigenvalue weighted by Crippen LogP contribution is -2.15. The largest absolute Gasteiger partial charge is 0.507 e. The predicted octanol–water partition coefficient (Wildman–Crippen LogP) is 2.94. The van der Waals surface area contributed by atoms with Gasteiger partial charge in [-0.05, 0) is 37.3 Å². The zero-order chi connectivity index (χ0) is 19.1. The lowest BCUT2D eigenvalue weighted by molar-refractivity contribution is 0.102. The number of aryl methyl sites for hydroxylation is 1. The minimum absolute atomic E-state index is 0.0787. The van der Waals surface area contributed by atoms with Gasteiger partial charge in [0.05, 0.1) is 5.56 Å². The summed E-state index contributed by atoms with van der Waals surface area (Å²) >= 11 is 0. The number of hydrogen-bond acceptors (Lipinski definition) is 5. The van der Waals surface area contributed by atoms with Gasteiger partial charge in [0.1, 0.15) is 10.6 Å². The van der Waals surface area contributed by atoms with Crippen molar-refractivity contribution in [1.82, 2.24) is 0 Å². The number of hydrogen-bond donors (Lipinski definition) is 4. The van der Waals surface area contributed by atoms with Crippen LogP contribution >= 0.6 is 0 Å². The van der Waals surface area contributed by atoms with Crippen LogP contribution in [0.25, 0.3) is 10.8 Å². The zero-order valence-electron chi connectivity index (χ0n) is 13.7. The van der Waals surface area contributed by atoms with Crippen molar-refractivity contribution in [2.75, 3.05) is 11.1 Å². The fraction of sp³-hybridized carbons (Fsp3) is 0.0556. The molecule has 7 nitrogen and oxygen atoms in total. The number of phenolic OH excluding ortho intramolecular Hbond substituents is 1. The lowest BCUT2D eigenvalue weighted by Gasteiger charge is -2.13. The number of nitrogens with one attached hydrogen (secondary N) is 1. The summed E-state index contributed by atoms with van der Waals surface area (Å²) < 4.78 is 32.5. The molecule has 3 aromatic carbocycles. The minimum Gasteiger partial charge on any atom is -0.507 e. The quantitative estimate of drug-likeness (QED) is 0.413. The van der Waals surface area contributed by atoms with Crippen molar-refractivity contribution in [3.63, 3.8) is 0 Å². The number of aromatic hydroxyl groups is 1. The van der Waals surface area contributed by atoms with E-state index in [1.165, 1.54) is 24.3 Å². The monoisotopic (exact) mass is 372 g/mol. The second-order valence-electron chi connectivity index (χ2n) is 5.83. The molecule has 0 saturated carbocycles. The maximum Gasteiger partial charge on any atom is 0.295 e. The van der Waals surface area contributed by atoms with E-state index in [9.17, 15) is 22.9 Å². The van der Waals surface area contributed by atoms with Gasteiger partial charge in [0, 0.05) is 22.1 Å². The molecule has 0 bridgehead atoms. The van der Waals surface area contributed by atoms with Gasteiger partial charge >= 0.3 is 0 Å². The van der Waals surface area contributed by atoms with E-state index >= 15 is 0 Å². The van der Waals surface area contributed by atoms with Crippen LogP contribution in [0.15, 0.2) is 53.4 Å². The van der Waals surface area contributed by atoms with Gasteiger partial charge in [0.15, 0.2) is 0 Å². The van der Waals surface area contributed by atoms with Gasteiger partial charge in [0.25, 0.3) is 16.0 Å². The molecule has 0 saturated heterocycles. The maximum absolute atomic E-state index is 12.6. The van der Waals surface area contributed by atoms with E-state index in [0.29, 0.717) is 5.69 Å². The highest BCUT2D eigenvalue weighted by molar-refractivity contribution is 7.86. The Morgan fingerprint density at radius 3 is 2.54 bits per heavy atom. The molecule has 0 fully saturated rings. The van der Waals surface area contributed by atoms with Crippen LogP contribution in [0.3, 0.4) is 0 Å². The third kappa shape index (κ3) is 3.19. The second-order valence-corrected chi connectivity index (χ2v) is 7.22. The molecule has 0 spiro atoms. The Morgan fingerprint density at radius 2 is 1.85 bits per heavy atom. The Labute approximate surface area is 149 Å². The van der Waals surface area contributed by atoms with Crippen molar-refractivity contribution in [3.05, 3.63) is 59.7 Å². The Morgan fingerprint density at radius 1 is 1.12 bits per heavy atom. The van der Waals surface area contributed by atoms with Crippen molar-refractivity contribution in [1.29, 1.82) is 0 Å². The highest BCUT2D eigenvalue weighted by atomic mass is 32.2. The molecule has 134 valence electrons. The van der Waals surface area contributed by atoms with Gasteiger partial charge in [-0.15, -0.1) is 0 Å². The van der Waals surface area contributed by atoms with Crippen molar-refractivity contribution in [3.8, 4) is 5.75 Å². The van der Waals surface area contributed by atoms with Gasteiger partial charge in [-0.2, -0.15) is 8.42 Å². The first kappa shape index (κ1) is 17.7. The first-order valence-electron chi connectivity index (χ1n) is 7.58. The summed E-state index contributed by atoms with van der Waals surface area (Å²) in [6, 6.07) is 11.8. The van der Waals surface area contributed by atoms with Crippen LogP contribution in [0, 0.1) is 6.92 Å². The van der Waals surface area contributed by atoms with Gasteiger partial charge in [0.2, 0.25) is 0 Å². The maximum atomic E-state index is 12.6. The third-order valence-electron chi connectivity index (χ3n) is 3.96. The Bertz CT molecular complexity index is 1140. The molecule has 0 aliphatic heterocycles. The molecular weight excluding hydrogens is 356 g/mol. The minimum atomic E-state index is -4.55. The average Bonchev–Trinajstić information content (AvgIpc) is 2.56. The summed E-state index contributed by atoms with van der Waals surface area (Å²) in [5.74, 6) is -0.809. The van der Waals surface area contributed by atoms with E-state index in [1.807, 2.05) is 6.92 Å². The van der Waals surface area contributed by atoms with Crippen LogP contribution in [0.5, 0.6) is 5.75 Å². The van der Waals surface area contributed by atoms with E-state index in [4.69, 9.17) is 5.73 Å². The number of carbonyl (C=O) groups excluding carboxylic acids is 1. The third-order valence-corrected chi connectivity index (χ3v) is 4.86. The summed E-state index contributed by atoms with van der Waals surface area (Å²) in [7, 11) is -4.55. The molecule has 3 rings (SSSR count). The number of nitrogen functional groups attached to an aromatic ring is 1. The van der Waals surface area contributed by atoms with E-state index in [-0.39, 0.29) is 27.8 Å². The molecule has 0 aliphatic carbocycles. The summed E-state index contributed by atoms with van der Waals surface area (Å²) in [6.45, 7) is 1.82. The number of anilines is 2. The number of rotatable bonds is 3. The number of benzene rings is 3. The highest BCUT2D eigenvalue weighted by Gasteiger charge is 2.20. The summed E-state index contributed by atoms with van der Waals surface area (Å²) in [5.41, 5.74) is 7.55. The number of carbonyl (C=O) groups is 1. The van der Waals surface area contributed by atoms with Gasteiger partial charge < -0.3 is 16.2 Å². The molecule has 0 aliphatic rings. The van der Waals surface area contributed by atoms with E-state index < -0.39 is 20.9 Å². The van der Waals surface area contributed by atoms with Crippen LogP contribution in [0.2, 0.25) is 0 Å². The van der Waals surface area contributed by atoms with Crippen LogP contribution < -0.4 is 11.1 Å². The number of phenols is 1. The van der Waals surface area contributed by atoms with Crippen molar-refractivity contribution >= 4 is 38.2 Å². The number of fused-ring (bicyclic) bond motifs is 1. The molecule has 1 amide bonds. The van der Waals surface area contributed by atoms with Crippen LogP contribution in [0.4, 0.5) is 11.4 Å². The lowest BCUT2D eigenvalue weighted by atomic mass is 10.1. The fourth-order valence-corrected chi connectivity index (χ4v) is 3.45. The fourth-order valence-electron chi connectivity index (χ4n) is 2.74. The molecule has 0 heterocycles. The van der Waals surface area contributed by atoms with Gasteiger partial charge in [-0.3, -0.25) is 9.35 Å². The predicted molar refractivity (Wildman–Crippen MR) is 99.0 cm³/mol. The molecule has 26 heavy (non-hydrogen) atoms. The van der Waals surface area contributed by atoms with Crippen LogP contribution in [-0.4, -0.2) is 24.0 Å².